The molecule has 7 nitrogen and oxygen atoms in total. The number of benzene rings is 1. The fraction of sp³-hybridized carbons (Fsp3) is 0.667. The molecule has 0 saturated carbocycles. The quantitative estimate of drug-likeness (QED) is 0.688. The monoisotopic (exact) mass is 425 g/mol. The van der Waals surface area contributed by atoms with E-state index in [1.54, 1.807) is 6.92 Å². The Morgan fingerprint density at radius 2 is 2.00 bits per heavy atom. The van der Waals surface area contributed by atoms with Crippen molar-refractivity contribution in [1.82, 2.24) is 9.80 Å². The number of piperazine rings is 1. The van der Waals surface area contributed by atoms with Gasteiger partial charge in [-0.3, -0.25) is 24.5 Å². The second-order valence-corrected chi connectivity index (χ2v) is 9.63. The largest absolute Gasteiger partial charge is 0.366 e. The van der Waals surface area contributed by atoms with Gasteiger partial charge in [-0.15, -0.1) is 0 Å². The van der Waals surface area contributed by atoms with E-state index in [2.05, 4.69) is 36.6 Å². The van der Waals surface area contributed by atoms with Gasteiger partial charge in [0.1, 0.15) is 0 Å². The van der Waals surface area contributed by atoms with Gasteiger partial charge in [-0.1, -0.05) is 13.8 Å². The lowest BCUT2D eigenvalue weighted by Crippen LogP contribution is -2.54. The van der Waals surface area contributed by atoms with Crippen LogP contribution in [-0.4, -0.2) is 72.5 Å². The van der Waals surface area contributed by atoms with E-state index in [1.807, 2.05) is 17.9 Å². The van der Waals surface area contributed by atoms with E-state index in [0.29, 0.717) is 22.9 Å². The van der Waals surface area contributed by atoms with Crippen molar-refractivity contribution in [2.75, 3.05) is 37.6 Å². The molecule has 4 rings (SSSR count). The van der Waals surface area contributed by atoms with Crippen molar-refractivity contribution in [3.8, 4) is 0 Å². The highest BCUT2D eigenvalue weighted by atomic mass is 16.2. The molecule has 0 N–H and O–H groups in total. The lowest BCUT2D eigenvalue weighted by Gasteiger charge is -2.43. The maximum atomic E-state index is 12.3. The summed E-state index contributed by atoms with van der Waals surface area (Å²) in [6, 6.07) is 4.32. The zero-order valence-electron chi connectivity index (χ0n) is 19.5. The molecule has 0 aromatic heterocycles. The molecule has 168 valence electrons. The Morgan fingerprint density at radius 1 is 1.23 bits per heavy atom. The Morgan fingerprint density at radius 3 is 2.65 bits per heavy atom. The van der Waals surface area contributed by atoms with E-state index < -0.39 is 5.66 Å². The van der Waals surface area contributed by atoms with Crippen LogP contribution in [0.25, 0.3) is 0 Å². The Kier molecular flexibility index (Phi) is 5.90. The number of fused-ring (bicyclic) bond motifs is 1. The van der Waals surface area contributed by atoms with Crippen LogP contribution >= 0.6 is 0 Å². The van der Waals surface area contributed by atoms with Crippen molar-refractivity contribution in [1.29, 1.82) is 0 Å². The number of nitrogens with zero attached hydrogens (tertiary/aromatic N) is 5. The maximum Gasteiger partial charge on any atom is 0.219 e. The van der Waals surface area contributed by atoms with Crippen molar-refractivity contribution < 1.29 is 9.59 Å². The van der Waals surface area contributed by atoms with Crippen molar-refractivity contribution in [2.45, 2.75) is 65.2 Å². The predicted octanol–water partition coefficient (Wildman–Crippen LogP) is 1.65. The second kappa shape index (κ2) is 8.34. The predicted molar refractivity (Wildman–Crippen MR) is 121 cm³/mol. The van der Waals surface area contributed by atoms with Crippen LogP contribution in [0.15, 0.2) is 22.1 Å². The van der Waals surface area contributed by atoms with Crippen LogP contribution in [0.2, 0.25) is 0 Å². The van der Waals surface area contributed by atoms with Gasteiger partial charge in [0.15, 0.2) is 11.9 Å². The Hall–Kier alpha value is -2.28. The number of likely N-dealkylation sites (N-methyl/N-ethyl adjacent to an activating group) is 1. The van der Waals surface area contributed by atoms with Gasteiger partial charge in [-0.05, 0) is 51.3 Å². The van der Waals surface area contributed by atoms with Crippen molar-refractivity contribution in [3.05, 3.63) is 28.4 Å². The number of hydrogen-bond donors (Lipinski definition) is 0. The summed E-state index contributed by atoms with van der Waals surface area (Å²) in [4.78, 5) is 41.1. The lowest BCUT2D eigenvalue weighted by atomic mass is 9.86. The molecule has 3 heterocycles. The molecule has 2 fully saturated rings. The van der Waals surface area contributed by atoms with E-state index in [-0.39, 0.29) is 11.9 Å². The summed E-state index contributed by atoms with van der Waals surface area (Å²) in [6.07, 6.45) is 2.77. The van der Waals surface area contributed by atoms with Gasteiger partial charge in [0.05, 0.1) is 16.8 Å². The summed E-state index contributed by atoms with van der Waals surface area (Å²) in [5.41, 5.74) is 0.863. The van der Waals surface area contributed by atoms with Crippen molar-refractivity contribution >= 4 is 17.9 Å². The Bertz CT molecular complexity index is 992. The highest BCUT2D eigenvalue weighted by molar-refractivity contribution is 5.77. The molecule has 3 aliphatic heterocycles. The third-order valence-corrected chi connectivity index (χ3v) is 7.31. The summed E-state index contributed by atoms with van der Waals surface area (Å²) < 4.78 is 0. The first-order chi connectivity index (χ1) is 14.8. The first kappa shape index (κ1) is 21.9. The number of aldehydes is 1. The zero-order chi connectivity index (χ0) is 22.3. The van der Waals surface area contributed by atoms with Crippen LogP contribution in [0.4, 0.5) is 5.69 Å². The summed E-state index contributed by atoms with van der Waals surface area (Å²) in [5, 5.41) is 1.44. The minimum Gasteiger partial charge on any atom is -0.366 e. The van der Waals surface area contributed by atoms with Crippen LogP contribution in [-0.2, 0) is 4.79 Å². The van der Waals surface area contributed by atoms with E-state index in [4.69, 9.17) is 9.98 Å². The van der Waals surface area contributed by atoms with Gasteiger partial charge in [0.2, 0.25) is 5.91 Å². The van der Waals surface area contributed by atoms with Crippen LogP contribution in [0.3, 0.4) is 0 Å². The van der Waals surface area contributed by atoms with Crippen molar-refractivity contribution in [3.63, 3.8) is 0 Å². The number of amides is 1. The van der Waals surface area contributed by atoms with Gasteiger partial charge in [0, 0.05) is 50.4 Å². The van der Waals surface area contributed by atoms with Crippen LogP contribution in [0, 0.1) is 5.92 Å². The highest BCUT2D eigenvalue weighted by Crippen LogP contribution is 2.33. The molecule has 7 heteroatoms. The number of likely N-dealkylation sites (tertiary alicyclic amines) is 1. The standard InChI is InChI=1S/C24H35N5O2/c1-6-27-9-10-28(17(3)14-27)20-12-19(15-30)23-21(13-20)25-24(5,26-23)22-11-16(2)7-8-29(22)18(4)31/h12-13,15-17,22H,6-11,14H2,1-5H3. The smallest absolute Gasteiger partial charge is 0.219 e. The van der Waals surface area contributed by atoms with Gasteiger partial charge in [-0.25, -0.2) is 0 Å². The first-order valence-corrected chi connectivity index (χ1v) is 11.6. The number of carbonyl (C=O) groups excluding carboxylic acids is 2. The summed E-state index contributed by atoms with van der Waals surface area (Å²) in [5.74, 6) is 0.585. The zero-order valence-corrected chi connectivity index (χ0v) is 19.5. The third-order valence-electron chi connectivity index (χ3n) is 7.31. The SMILES string of the molecule is CCN1CCN(c2cc(C=O)c3c(c2)=NC(C)(C2CC(C)CCN2C(C)=O)N=3)C(C)C1. The lowest BCUT2D eigenvalue weighted by molar-refractivity contribution is -0.134. The number of piperidine rings is 1. The Balaban J connectivity index is 1.73. The number of hydrogen-bond acceptors (Lipinski definition) is 6. The van der Waals surface area contributed by atoms with E-state index >= 15 is 0 Å². The molecule has 2 saturated heterocycles. The third kappa shape index (κ3) is 4.00. The average molecular weight is 426 g/mol. The maximum absolute atomic E-state index is 12.3. The minimum absolute atomic E-state index is 0.0680. The van der Waals surface area contributed by atoms with Gasteiger partial charge in [-0.2, -0.15) is 0 Å². The molecule has 1 amide bonds. The summed E-state index contributed by atoms with van der Waals surface area (Å²) in [7, 11) is 0. The molecular formula is C24H35N5O2. The Labute approximate surface area is 184 Å². The molecule has 4 atom stereocenters. The number of rotatable bonds is 4. The van der Waals surface area contributed by atoms with Crippen LogP contribution < -0.4 is 15.6 Å². The fourth-order valence-corrected chi connectivity index (χ4v) is 5.47. The summed E-state index contributed by atoms with van der Waals surface area (Å²) >= 11 is 0. The molecule has 0 aliphatic carbocycles. The number of carbonyl (C=O) groups is 2. The second-order valence-electron chi connectivity index (χ2n) is 9.63. The molecule has 1 aromatic carbocycles. The normalized spacial score (nSPS) is 31.1. The van der Waals surface area contributed by atoms with Crippen LogP contribution in [0.5, 0.6) is 0 Å². The molecule has 0 bridgehead atoms. The van der Waals surface area contributed by atoms with E-state index in [0.717, 1.165) is 62.9 Å². The fourth-order valence-electron chi connectivity index (χ4n) is 5.47. The first-order valence-electron chi connectivity index (χ1n) is 11.6. The molecule has 1 aromatic rings. The molecule has 0 spiro atoms. The topological polar surface area (TPSA) is 68.6 Å². The molecule has 31 heavy (non-hydrogen) atoms. The van der Waals surface area contributed by atoms with E-state index in [1.165, 1.54) is 0 Å². The average Bonchev–Trinajstić information content (AvgIpc) is 3.10. The molecule has 3 aliphatic rings. The molecule has 4 unspecified atom stereocenters. The van der Waals surface area contributed by atoms with E-state index in [9.17, 15) is 9.59 Å². The highest BCUT2D eigenvalue weighted by Gasteiger charge is 2.43. The van der Waals surface area contributed by atoms with Crippen molar-refractivity contribution in [2.24, 2.45) is 15.9 Å². The molecular weight excluding hydrogens is 390 g/mol. The van der Waals surface area contributed by atoms with Gasteiger partial charge < -0.3 is 9.80 Å². The van der Waals surface area contributed by atoms with Crippen LogP contribution in [0.1, 0.15) is 57.8 Å². The summed E-state index contributed by atoms with van der Waals surface area (Å²) in [6.45, 7) is 15.0. The minimum atomic E-state index is -0.758. The van der Waals surface area contributed by atoms with Gasteiger partial charge >= 0.3 is 0 Å². The molecule has 0 radical (unpaired) electrons. The van der Waals surface area contributed by atoms with Gasteiger partial charge in [0.25, 0.3) is 0 Å². The number of anilines is 1.